The first-order valence-electron chi connectivity index (χ1n) is 9.64. The van der Waals surface area contributed by atoms with Crippen molar-refractivity contribution in [1.29, 1.82) is 0 Å². The van der Waals surface area contributed by atoms with Gasteiger partial charge in [0.1, 0.15) is 12.0 Å². The molecule has 152 valence electrons. The van der Waals surface area contributed by atoms with E-state index in [2.05, 4.69) is 5.32 Å². The van der Waals surface area contributed by atoms with E-state index in [1.54, 1.807) is 12.1 Å². The second kappa shape index (κ2) is 7.65. The molecule has 0 aliphatic carbocycles. The molecule has 1 aliphatic rings. The summed E-state index contributed by atoms with van der Waals surface area (Å²) in [5.41, 5.74) is 8.85. The summed E-state index contributed by atoms with van der Waals surface area (Å²) in [6.07, 6.45) is 1.10. The lowest BCUT2D eigenvalue weighted by Crippen LogP contribution is -2.13. The van der Waals surface area contributed by atoms with E-state index in [9.17, 15) is 14.8 Å². The van der Waals surface area contributed by atoms with E-state index in [0.29, 0.717) is 28.4 Å². The minimum Gasteiger partial charge on any atom is -0.454 e. The number of fused-ring (bicyclic) bond motifs is 2. The number of nitrogens with one attached hydrogen (secondary N) is 2. The number of ether oxygens (including phenoxy) is 1. The van der Waals surface area contributed by atoms with Crippen LogP contribution in [0.1, 0.15) is 32.6 Å². The number of hydrogen-bond acceptors (Lipinski definition) is 5. The molecule has 3 aromatic carbocycles. The highest BCUT2D eigenvalue weighted by Gasteiger charge is 2.28. The Hall–Kier alpha value is -3.64. The van der Waals surface area contributed by atoms with Gasteiger partial charge in [-0.3, -0.25) is 15.5 Å². The molecule has 30 heavy (non-hydrogen) atoms. The van der Waals surface area contributed by atoms with Gasteiger partial charge in [-0.15, -0.1) is 0 Å². The van der Waals surface area contributed by atoms with Crippen molar-refractivity contribution in [3.05, 3.63) is 70.3 Å². The molecule has 0 aromatic heterocycles. The maximum atomic E-state index is 12.9. The highest BCUT2D eigenvalue weighted by Crippen LogP contribution is 2.46. The van der Waals surface area contributed by atoms with Crippen molar-refractivity contribution >= 4 is 23.6 Å². The molecule has 6 heteroatoms. The fourth-order valence-corrected chi connectivity index (χ4v) is 3.92. The standard InChI is InChI=1S/C24H22N2O4/c1-13-4-6-16(7-5-13)21-15(3)23-22(14(2)18(21)10-11-27)25-24(28)19-12-17(26-29)8-9-20(19)30-23/h4-9,11-12,26,29H,10H2,1-3H3,(H,25,28). The molecule has 0 fully saturated rings. The minimum absolute atomic E-state index is 0.227. The van der Waals surface area contributed by atoms with Crippen LogP contribution in [0.4, 0.5) is 11.4 Å². The van der Waals surface area contributed by atoms with Gasteiger partial charge in [-0.05, 0) is 61.2 Å². The summed E-state index contributed by atoms with van der Waals surface area (Å²) in [5, 5.41) is 12.1. The maximum Gasteiger partial charge on any atom is 0.259 e. The Morgan fingerprint density at radius 1 is 1.07 bits per heavy atom. The molecule has 4 rings (SSSR count). The number of hydrogen-bond donors (Lipinski definition) is 3. The van der Waals surface area contributed by atoms with E-state index in [1.165, 1.54) is 6.07 Å². The summed E-state index contributed by atoms with van der Waals surface area (Å²) in [7, 11) is 0. The molecular formula is C24H22N2O4. The van der Waals surface area contributed by atoms with Gasteiger partial charge < -0.3 is 14.8 Å². The van der Waals surface area contributed by atoms with Crippen LogP contribution in [0.15, 0.2) is 42.5 Å². The van der Waals surface area contributed by atoms with Crippen LogP contribution in [0.3, 0.4) is 0 Å². The lowest BCUT2D eigenvalue weighted by molar-refractivity contribution is -0.107. The van der Waals surface area contributed by atoms with Gasteiger partial charge in [-0.25, -0.2) is 0 Å². The number of carbonyl (C=O) groups excluding carboxylic acids is 2. The summed E-state index contributed by atoms with van der Waals surface area (Å²) < 4.78 is 6.22. The number of aryl methyl sites for hydroxylation is 1. The monoisotopic (exact) mass is 402 g/mol. The van der Waals surface area contributed by atoms with Crippen LogP contribution in [0.2, 0.25) is 0 Å². The number of amides is 1. The van der Waals surface area contributed by atoms with Gasteiger partial charge in [-0.1, -0.05) is 29.8 Å². The zero-order valence-electron chi connectivity index (χ0n) is 17.0. The molecule has 1 heterocycles. The Labute approximate surface area is 174 Å². The van der Waals surface area contributed by atoms with Crippen LogP contribution < -0.4 is 15.5 Å². The molecule has 1 aliphatic heterocycles. The molecular weight excluding hydrogens is 380 g/mol. The van der Waals surface area contributed by atoms with Gasteiger partial charge >= 0.3 is 0 Å². The Bertz CT molecular complexity index is 1170. The van der Waals surface area contributed by atoms with Crippen LogP contribution in [-0.4, -0.2) is 17.4 Å². The van der Waals surface area contributed by atoms with Gasteiger partial charge in [0.25, 0.3) is 5.91 Å². The molecule has 0 bridgehead atoms. The first-order valence-corrected chi connectivity index (χ1v) is 9.64. The Morgan fingerprint density at radius 2 is 1.80 bits per heavy atom. The third-order valence-electron chi connectivity index (χ3n) is 5.50. The Kier molecular flexibility index (Phi) is 5.01. The van der Waals surface area contributed by atoms with Crippen LogP contribution in [0.5, 0.6) is 11.5 Å². The van der Waals surface area contributed by atoms with Crippen molar-refractivity contribution in [2.24, 2.45) is 0 Å². The lowest BCUT2D eigenvalue weighted by atomic mass is 9.88. The van der Waals surface area contributed by atoms with Gasteiger partial charge in [-0.2, -0.15) is 0 Å². The van der Waals surface area contributed by atoms with Crippen molar-refractivity contribution in [1.82, 2.24) is 0 Å². The second-order valence-corrected chi connectivity index (χ2v) is 7.42. The van der Waals surface area contributed by atoms with E-state index in [1.807, 2.05) is 50.5 Å². The molecule has 0 saturated carbocycles. The van der Waals surface area contributed by atoms with Crippen molar-refractivity contribution in [3.63, 3.8) is 0 Å². The average Bonchev–Trinajstić information content (AvgIpc) is 2.89. The number of anilines is 2. The second-order valence-electron chi connectivity index (χ2n) is 7.42. The molecule has 6 nitrogen and oxygen atoms in total. The van der Waals surface area contributed by atoms with Gasteiger partial charge in [0, 0.05) is 12.0 Å². The van der Waals surface area contributed by atoms with Crippen molar-refractivity contribution in [2.45, 2.75) is 27.2 Å². The molecule has 3 aromatic rings. The smallest absolute Gasteiger partial charge is 0.259 e. The maximum absolute atomic E-state index is 12.9. The third kappa shape index (κ3) is 3.21. The fourth-order valence-electron chi connectivity index (χ4n) is 3.92. The Morgan fingerprint density at radius 3 is 2.47 bits per heavy atom. The van der Waals surface area contributed by atoms with E-state index in [4.69, 9.17) is 4.74 Å². The van der Waals surface area contributed by atoms with Crippen LogP contribution in [0.25, 0.3) is 11.1 Å². The van der Waals surface area contributed by atoms with E-state index >= 15 is 0 Å². The first-order chi connectivity index (χ1) is 14.4. The lowest BCUT2D eigenvalue weighted by Gasteiger charge is -2.22. The average molecular weight is 402 g/mol. The molecule has 0 spiro atoms. The van der Waals surface area contributed by atoms with Crippen molar-refractivity contribution < 1.29 is 19.5 Å². The fraction of sp³-hybridized carbons (Fsp3) is 0.167. The highest BCUT2D eigenvalue weighted by atomic mass is 16.5. The van der Waals surface area contributed by atoms with Crippen molar-refractivity contribution in [3.8, 4) is 22.6 Å². The molecule has 0 unspecified atom stereocenters. The zero-order chi connectivity index (χ0) is 21.4. The van der Waals surface area contributed by atoms with Gasteiger partial charge in [0.2, 0.25) is 0 Å². The van der Waals surface area contributed by atoms with E-state index < -0.39 is 0 Å². The van der Waals surface area contributed by atoms with Gasteiger partial charge in [0.05, 0.1) is 16.9 Å². The minimum atomic E-state index is -0.344. The van der Waals surface area contributed by atoms with Crippen LogP contribution in [0, 0.1) is 20.8 Å². The predicted octanol–water partition coefficient (Wildman–Crippen LogP) is 5.18. The molecule has 3 N–H and O–H groups in total. The quantitative estimate of drug-likeness (QED) is 0.413. The number of benzene rings is 3. The number of carbonyl (C=O) groups is 2. The predicted molar refractivity (Wildman–Crippen MR) is 116 cm³/mol. The summed E-state index contributed by atoms with van der Waals surface area (Å²) in [6, 6.07) is 12.9. The first kappa shape index (κ1) is 19.7. The summed E-state index contributed by atoms with van der Waals surface area (Å²) in [5.74, 6) is 0.601. The third-order valence-corrected chi connectivity index (χ3v) is 5.50. The van der Waals surface area contributed by atoms with Crippen LogP contribution >= 0.6 is 0 Å². The molecule has 1 amide bonds. The molecule has 0 saturated heterocycles. The van der Waals surface area contributed by atoms with Gasteiger partial charge in [0.15, 0.2) is 5.75 Å². The summed E-state index contributed by atoms with van der Waals surface area (Å²) in [6.45, 7) is 5.84. The largest absolute Gasteiger partial charge is 0.454 e. The van der Waals surface area contributed by atoms with E-state index in [0.717, 1.165) is 39.7 Å². The molecule has 0 atom stereocenters. The Balaban J connectivity index is 1.98. The summed E-state index contributed by atoms with van der Waals surface area (Å²) in [4.78, 5) is 24.4. The summed E-state index contributed by atoms with van der Waals surface area (Å²) >= 11 is 0. The van der Waals surface area contributed by atoms with E-state index in [-0.39, 0.29) is 12.3 Å². The SMILES string of the molecule is Cc1ccc(-c2c(C)c3c(c(C)c2CC=O)NC(=O)c2cc(NO)ccc2O3)cc1. The topological polar surface area (TPSA) is 87.7 Å². The number of aldehydes is 1. The highest BCUT2D eigenvalue weighted by molar-refractivity contribution is 6.09. The zero-order valence-corrected chi connectivity index (χ0v) is 17.0. The normalized spacial score (nSPS) is 12.2. The molecule has 0 radical (unpaired) electrons. The number of rotatable bonds is 4. The van der Waals surface area contributed by atoms with Crippen molar-refractivity contribution in [2.75, 3.05) is 10.8 Å². The van der Waals surface area contributed by atoms with Crippen LogP contribution in [-0.2, 0) is 11.2 Å².